The van der Waals surface area contributed by atoms with Gasteiger partial charge in [0.2, 0.25) is 5.91 Å². The highest BCUT2D eigenvalue weighted by molar-refractivity contribution is 6.34. The lowest BCUT2D eigenvalue weighted by Crippen LogP contribution is -2.13. The van der Waals surface area contributed by atoms with E-state index in [0.717, 1.165) is 5.56 Å². The minimum absolute atomic E-state index is 0.0282. The van der Waals surface area contributed by atoms with E-state index in [1.807, 2.05) is 27.7 Å². The van der Waals surface area contributed by atoms with Gasteiger partial charge in [-0.2, -0.15) is 14.3 Å². The Balaban J connectivity index is 2.48. The van der Waals surface area contributed by atoms with Crippen LogP contribution in [0.3, 0.4) is 0 Å². The van der Waals surface area contributed by atoms with Gasteiger partial charge in [0, 0.05) is 29.0 Å². The smallest absolute Gasteiger partial charge is 0.273 e. The largest absolute Gasteiger partial charge is 0.275 e. The third-order valence-electron chi connectivity index (χ3n) is 4.75. The van der Waals surface area contributed by atoms with E-state index < -0.39 is 4.92 Å². The Hall–Kier alpha value is -2.74. The summed E-state index contributed by atoms with van der Waals surface area (Å²) in [6.07, 6.45) is 0. The molecule has 9 heteroatoms. The lowest BCUT2D eigenvalue weighted by Gasteiger charge is -2.15. The van der Waals surface area contributed by atoms with E-state index in [0.29, 0.717) is 38.9 Å². The number of fused-ring (bicyclic) bond motifs is 1. The number of halogens is 1. The molecule has 0 bridgehead atoms. The number of hydrogen-bond acceptors (Lipinski definition) is 5. The molecule has 0 radical (unpaired) electrons. The lowest BCUT2D eigenvalue weighted by atomic mass is 9.92. The van der Waals surface area contributed by atoms with Crippen LogP contribution in [0.5, 0.6) is 0 Å². The summed E-state index contributed by atoms with van der Waals surface area (Å²) in [6, 6.07) is 1.74. The number of rotatable bonds is 2. The SMILES string of the molecule is CC(=O)n1nc(-c2c(C)cc(C)c([N+](=O)[O-])c2C)n2nc(C(C)(C)C)c(Cl)c12. The lowest BCUT2D eigenvalue weighted by molar-refractivity contribution is -0.386. The van der Waals surface area contributed by atoms with Gasteiger partial charge in [0.15, 0.2) is 11.5 Å². The summed E-state index contributed by atoms with van der Waals surface area (Å²) < 4.78 is 2.71. The average Bonchev–Trinajstić information content (AvgIpc) is 3.05. The molecule has 0 N–H and O–H groups in total. The number of carbonyl (C=O) groups is 1. The second-order valence-electron chi connectivity index (χ2n) is 8.02. The Bertz CT molecular complexity index is 1150. The zero-order chi connectivity index (χ0) is 21.1. The van der Waals surface area contributed by atoms with Gasteiger partial charge in [-0.05, 0) is 32.4 Å². The van der Waals surface area contributed by atoms with Gasteiger partial charge in [0.05, 0.1) is 10.6 Å². The molecule has 2 heterocycles. The Labute approximate surface area is 167 Å². The summed E-state index contributed by atoms with van der Waals surface area (Å²) in [5, 5.41) is 21.0. The van der Waals surface area contributed by atoms with Crippen molar-refractivity contribution < 1.29 is 9.72 Å². The first-order valence-electron chi connectivity index (χ1n) is 8.80. The number of nitro groups is 1. The quantitative estimate of drug-likeness (QED) is 0.458. The van der Waals surface area contributed by atoms with Gasteiger partial charge in [-0.15, -0.1) is 5.10 Å². The number of nitrogens with zero attached hydrogens (tertiary/aromatic N) is 5. The molecule has 28 heavy (non-hydrogen) atoms. The third-order valence-corrected chi connectivity index (χ3v) is 5.09. The average molecular weight is 404 g/mol. The van der Waals surface area contributed by atoms with Gasteiger partial charge >= 0.3 is 0 Å². The number of carbonyl (C=O) groups excluding carboxylic acids is 1. The van der Waals surface area contributed by atoms with Crippen LogP contribution in [0.2, 0.25) is 5.02 Å². The van der Waals surface area contributed by atoms with Crippen LogP contribution in [0, 0.1) is 30.9 Å². The van der Waals surface area contributed by atoms with E-state index in [1.54, 1.807) is 19.9 Å². The molecule has 8 nitrogen and oxygen atoms in total. The van der Waals surface area contributed by atoms with Gasteiger partial charge in [-0.1, -0.05) is 32.4 Å². The summed E-state index contributed by atoms with van der Waals surface area (Å²) in [5.41, 5.74) is 3.07. The molecular formula is C19H22ClN5O3. The number of nitro benzene ring substituents is 1. The monoisotopic (exact) mass is 403 g/mol. The predicted molar refractivity (Wildman–Crippen MR) is 107 cm³/mol. The first-order chi connectivity index (χ1) is 12.9. The van der Waals surface area contributed by atoms with Crippen LogP contribution < -0.4 is 0 Å². The Kier molecular flexibility index (Phi) is 4.58. The van der Waals surface area contributed by atoms with E-state index in [4.69, 9.17) is 11.6 Å². The molecule has 0 saturated heterocycles. The van der Waals surface area contributed by atoms with E-state index in [9.17, 15) is 14.9 Å². The molecule has 0 atom stereocenters. The first-order valence-corrected chi connectivity index (χ1v) is 9.18. The second kappa shape index (κ2) is 6.41. The molecule has 3 rings (SSSR count). The van der Waals surface area contributed by atoms with E-state index in [2.05, 4.69) is 10.2 Å². The molecular weight excluding hydrogens is 382 g/mol. The fraction of sp³-hybridized carbons (Fsp3) is 0.421. The summed E-state index contributed by atoms with van der Waals surface area (Å²) in [5.74, 6) is 0.0242. The molecule has 2 aromatic heterocycles. The number of benzene rings is 1. The normalized spacial score (nSPS) is 12.0. The van der Waals surface area contributed by atoms with Crippen molar-refractivity contribution in [3.8, 4) is 11.4 Å². The fourth-order valence-electron chi connectivity index (χ4n) is 3.56. The van der Waals surface area contributed by atoms with Crippen LogP contribution >= 0.6 is 11.6 Å². The molecule has 3 aromatic rings. The Morgan fingerprint density at radius 1 is 1.18 bits per heavy atom. The van der Waals surface area contributed by atoms with E-state index in [-0.39, 0.29) is 17.0 Å². The van der Waals surface area contributed by atoms with Gasteiger partial charge in [-0.25, -0.2) is 0 Å². The van der Waals surface area contributed by atoms with Crippen LogP contribution in [0.4, 0.5) is 5.69 Å². The molecule has 0 amide bonds. The van der Waals surface area contributed by atoms with Crippen LogP contribution in [0.1, 0.15) is 54.9 Å². The molecule has 0 spiro atoms. The highest BCUT2D eigenvalue weighted by Crippen LogP contribution is 2.38. The van der Waals surface area contributed by atoms with Crippen molar-refractivity contribution in [3.05, 3.63) is 43.6 Å². The van der Waals surface area contributed by atoms with Crippen LogP contribution in [-0.4, -0.2) is 30.2 Å². The number of aryl methyl sites for hydroxylation is 2. The molecule has 0 saturated carbocycles. The number of aromatic nitrogens is 4. The topological polar surface area (TPSA) is 95.3 Å². The zero-order valence-corrected chi connectivity index (χ0v) is 17.7. The van der Waals surface area contributed by atoms with Gasteiger partial charge < -0.3 is 0 Å². The zero-order valence-electron chi connectivity index (χ0n) is 16.9. The summed E-state index contributed by atoms with van der Waals surface area (Å²) in [6.45, 7) is 12.5. The van der Waals surface area contributed by atoms with E-state index in [1.165, 1.54) is 16.1 Å². The van der Waals surface area contributed by atoms with Crippen molar-refractivity contribution in [2.45, 2.75) is 53.9 Å². The second-order valence-corrected chi connectivity index (χ2v) is 8.40. The molecule has 0 unspecified atom stereocenters. The van der Waals surface area contributed by atoms with Crippen LogP contribution in [-0.2, 0) is 5.41 Å². The van der Waals surface area contributed by atoms with Crippen LogP contribution in [0.15, 0.2) is 6.07 Å². The van der Waals surface area contributed by atoms with Gasteiger partial charge in [0.25, 0.3) is 5.69 Å². The van der Waals surface area contributed by atoms with Crippen molar-refractivity contribution in [2.24, 2.45) is 0 Å². The predicted octanol–water partition coefficient (Wildman–Crippen LogP) is 4.64. The Morgan fingerprint density at radius 3 is 2.29 bits per heavy atom. The fourth-order valence-corrected chi connectivity index (χ4v) is 4.04. The minimum Gasteiger partial charge on any atom is -0.273 e. The maximum absolute atomic E-state index is 12.2. The van der Waals surface area contributed by atoms with Crippen LogP contribution in [0.25, 0.3) is 17.0 Å². The van der Waals surface area contributed by atoms with Crippen molar-refractivity contribution in [1.82, 2.24) is 19.4 Å². The van der Waals surface area contributed by atoms with E-state index >= 15 is 0 Å². The maximum atomic E-state index is 12.2. The number of hydrogen-bond donors (Lipinski definition) is 0. The molecule has 0 aliphatic rings. The molecule has 0 aliphatic heterocycles. The maximum Gasteiger partial charge on any atom is 0.275 e. The molecule has 0 fully saturated rings. The summed E-state index contributed by atoms with van der Waals surface area (Å²) in [4.78, 5) is 23.4. The standard InChI is InChI=1S/C19H22ClN5O3/c1-9-8-10(2)15(25(27)28)11(3)13(9)17-22-23(12(4)26)18-14(20)16(19(5,6)7)21-24(17)18/h8H,1-7H3. The third kappa shape index (κ3) is 2.88. The minimum atomic E-state index is -0.399. The molecule has 1 aromatic carbocycles. The molecule has 0 aliphatic carbocycles. The molecule has 148 valence electrons. The first kappa shape index (κ1) is 20.0. The van der Waals surface area contributed by atoms with Gasteiger partial charge in [0.1, 0.15) is 5.02 Å². The van der Waals surface area contributed by atoms with Crippen molar-refractivity contribution in [3.63, 3.8) is 0 Å². The van der Waals surface area contributed by atoms with Crippen molar-refractivity contribution in [2.75, 3.05) is 0 Å². The summed E-state index contributed by atoms with van der Waals surface area (Å²) >= 11 is 6.57. The summed E-state index contributed by atoms with van der Waals surface area (Å²) in [7, 11) is 0. The highest BCUT2D eigenvalue weighted by atomic mass is 35.5. The Morgan fingerprint density at radius 2 is 1.79 bits per heavy atom. The van der Waals surface area contributed by atoms with Crippen molar-refractivity contribution in [1.29, 1.82) is 0 Å². The van der Waals surface area contributed by atoms with Gasteiger partial charge in [-0.3, -0.25) is 14.9 Å². The van der Waals surface area contributed by atoms with Crippen molar-refractivity contribution >= 4 is 28.8 Å². The highest BCUT2D eigenvalue weighted by Gasteiger charge is 2.31.